The molecule has 5 rings (SSSR count). The van der Waals surface area contributed by atoms with E-state index in [-0.39, 0.29) is 35.3 Å². The summed E-state index contributed by atoms with van der Waals surface area (Å²) in [5.74, 6) is 0.452. The number of oxime groups is 1. The summed E-state index contributed by atoms with van der Waals surface area (Å²) < 4.78 is 46.8. The van der Waals surface area contributed by atoms with Gasteiger partial charge in [0.05, 0.1) is 23.7 Å². The minimum absolute atomic E-state index is 0.0226. The van der Waals surface area contributed by atoms with Crippen LogP contribution in [-0.4, -0.2) is 51.3 Å². The first kappa shape index (κ1) is 28.7. The second-order valence-electron chi connectivity index (χ2n) is 9.68. The summed E-state index contributed by atoms with van der Waals surface area (Å²) >= 11 is 0. The minimum atomic E-state index is -3.85. The van der Waals surface area contributed by atoms with Gasteiger partial charge in [0.1, 0.15) is 5.69 Å². The Kier molecular flexibility index (Phi) is 8.62. The Morgan fingerprint density at radius 2 is 1.76 bits per heavy atom. The van der Waals surface area contributed by atoms with Crippen molar-refractivity contribution in [3.8, 4) is 22.6 Å². The van der Waals surface area contributed by atoms with Crippen molar-refractivity contribution in [2.75, 3.05) is 26.9 Å². The molecule has 1 aliphatic heterocycles. The normalized spacial score (nSPS) is 15.6. The highest BCUT2D eigenvalue weighted by molar-refractivity contribution is 7.89. The van der Waals surface area contributed by atoms with Crippen LogP contribution in [0.25, 0.3) is 22.6 Å². The van der Waals surface area contributed by atoms with Crippen LogP contribution in [0.4, 0.5) is 0 Å². The largest absolute Gasteiger partial charge is 0.434 e. The Morgan fingerprint density at radius 1 is 1.02 bits per heavy atom. The van der Waals surface area contributed by atoms with Crippen molar-refractivity contribution in [2.24, 2.45) is 10.3 Å². The molecule has 4 aromatic rings. The molecule has 41 heavy (non-hydrogen) atoms. The van der Waals surface area contributed by atoms with Crippen LogP contribution in [0.3, 0.4) is 0 Å². The number of ether oxygens (including phenoxy) is 3. The number of hydrogen-bond acceptors (Lipinski definition) is 9. The molecule has 2 heterocycles. The quantitative estimate of drug-likeness (QED) is 0.157. The number of sulfonamides is 1. The van der Waals surface area contributed by atoms with E-state index < -0.39 is 10.0 Å². The molecule has 1 aromatic heterocycles. The van der Waals surface area contributed by atoms with Crippen molar-refractivity contribution < 1.29 is 32.3 Å². The maximum Gasteiger partial charge on any atom is 0.247 e. The Bertz CT molecular complexity index is 1610. The lowest BCUT2D eigenvalue weighted by molar-refractivity contribution is -0.0948. The van der Waals surface area contributed by atoms with Gasteiger partial charge in [-0.25, -0.2) is 18.5 Å². The number of nitrogens with zero attached hydrogens (tertiary/aromatic N) is 2. The molecule has 0 atom stereocenters. The van der Waals surface area contributed by atoms with Gasteiger partial charge in [0.15, 0.2) is 11.5 Å². The Balaban J connectivity index is 1.36. The van der Waals surface area contributed by atoms with Gasteiger partial charge in [0.2, 0.25) is 15.9 Å². The smallest absolute Gasteiger partial charge is 0.247 e. The van der Waals surface area contributed by atoms with E-state index >= 15 is 0 Å². The zero-order valence-electron chi connectivity index (χ0n) is 22.5. The van der Waals surface area contributed by atoms with Crippen molar-refractivity contribution in [3.63, 3.8) is 0 Å². The average Bonchev–Trinajstić information content (AvgIpc) is 3.45. The number of rotatable bonds is 10. The Hall–Kier alpha value is -3.87. The van der Waals surface area contributed by atoms with Gasteiger partial charge in [0.25, 0.3) is 0 Å². The van der Waals surface area contributed by atoms with Gasteiger partial charge in [-0.2, -0.15) is 0 Å². The molecule has 3 N–H and O–H groups in total. The second kappa shape index (κ2) is 12.3. The van der Waals surface area contributed by atoms with Gasteiger partial charge in [-0.1, -0.05) is 59.8 Å². The van der Waals surface area contributed by atoms with E-state index in [0.717, 1.165) is 29.5 Å². The molecule has 0 spiro atoms. The lowest BCUT2D eigenvalue weighted by atomic mass is 9.85. The van der Waals surface area contributed by atoms with Gasteiger partial charge in [-0.05, 0) is 35.4 Å². The molecular weight excluding hydrogens is 546 g/mol. The first-order chi connectivity index (χ1) is 19.8. The molecule has 1 aliphatic rings. The van der Waals surface area contributed by atoms with Crippen LogP contribution >= 0.6 is 0 Å². The summed E-state index contributed by atoms with van der Waals surface area (Å²) in [5, 5.41) is 18.5. The van der Waals surface area contributed by atoms with Crippen LogP contribution in [-0.2, 0) is 36.4 Å². The topological polar surface area (TPSA) is 146 Å². The van der Waals surface area contributed by atoms with Gasteiger partial charge < -0.3 is 23.8 Å². The summed E-state index contributed by atoms with van der Waals surface area (Å²) in [4.78, 5) is 4.59. The number of methoxy groups -OCH3 is 1. The van der Waals surface area contributed by atoms with Crippen molar-refractivity contribution >= 4 is 15.7 Å². The highest BCUT2D eigenvalue weighted by Gasteiger charge is 2.34. The third kappa shape index (κ3) is 6.39. The average molecular weight is 578 g/mol. The maximum atomic E-state index is 11.7. The first-order valence-corrected chi connectivity index (χ1v) is 14.6. The van der Waals surface area contributed by atoms with Crippen molar-refractivity contribution in [1.29, 1.82) is 0 Å². The monoisotopic (exact) mass is 577 g/mol. The highest BCUT2D eigenvalue weighted by Crippen LogP contribution is 2.36. The number of primary sulfonamides is 1. The Morgan fingerprint density at radius 3 is 2.41 bits per heavy atom. The fourth-order valence-corrected chi connectivity index (χ4v) is 5.40. The van der Waals surface area contributed by atoms with E-state index in [1.54, 1.807) is 19.2 Å². The number of nitrogens with two attached hydrogens (primary N) is 1. The SMILES string of the molecule is COC1(c2cccc(COC/C(=N/O)c3nc(-c4ccccc4)c(-c4ccc(S(N)(=O)=O)cc4)o3)c2)CCOCC1. The van der Waals surface area contributed by atoms with Crippen LogP contribution in [0.5, 0.6) is 0 Å². The fourth-order valence-electron chi connectivity index (χ4n) is 4.88. The lowest BCUT2D eigenvalue weighted by Crippen LogP contribution is -2.35. The van der Waals surface area contributed by atoms with E-state index in [9.17, 15) is 13.6 Å². The molecule has 0 aliphatic carbocycles. The zero-order chi connectivity index (χ0) is 28.9. The molecule has 1 fully saturated rings. The second-order valence-corrected chi connectivity index (χ2v) is 11.2. The molecule has 0 unspecified atom stereocenters. The van der Waals surface area contributed by atoms with Gasteiger partial charge in [-0.15, -0.1) is 0 Å². The van der Waals surface area contributed by atoms with E-state index in [4.69, 9.17) is 23.8 Å². The van der Waals surface area contributed by atoms with Crippen LogP contribution in [0.15, 0.2) is 93.3 Å². The summed E-state index contributed by atoms with van der Waals surface area (Å²) in [7, 11) is -2.13. The predicted octanol–water partition coefficient (Wildman–Crippen LogP) is 4.70. The van der Waals surface area contributed by atoms with E-state index in [2.05, 4.69) is 16.2 Å². The summed E-state index contributed by atoms with van der Waals surface area (Å²) in [6.07, 6.45) is 1.55. The van der Waals surface area contributed by atoms with Gasteiger partial charge in [-0.3, -0.25) is 0 Å². The predicted molar refractivity (Wildman–Crippen MR) is 152 cm³/mol. The van der Waals surface area contributed by atoms with Gasteiger partial charge in [0, 0.05) is 44.3 Å². The van der Waals surface area contributed by atoms with Crippen LogP contribution < -0.4 is 5.14 Å². The number of aromatic nitrogens is 1. The molecule has 3 aromatic carbocycles. The third-order valence-corrected chi connectivity index (χ3v) is 8.07. The number of oxazole rings is 1. The first-order valence-electron chi connectivity index (χ1n) is 13.0. The minimum Gasteiger partial charge on any atom is -0.434 e. The van der Waals surface area contributed by atoms with Crippen molar-refractivity contribution in [2.45, 2.75) is 29.9 Å². The van der Waals surface area contributed by atoms with Crippen LogP contribution in [0.1, 0.15) is 29.9 Å². The standard InChI is InChI=1S/C30H31N3O7S/c1-37-30(14-16-38-17-15-30)24-9-5-6-21(18-24)19-39-20-26(33-34)29-32-27(22-7-3-2-4-8-22)28(40-29)23-10-12-25(13-11-23)41(31,35)36/h2-13,18,34H,14-17,19-20H2,1H3,(H2,31,35,36)/b33-26-. The van der Waals surface area contributed by atoms with Gasteiger partial charge >= 0.3 is 0 Å². The van der Waals surface area contributed by atoms with Crippen LogP contribution in [0, 0.1) is 0 Å². The van der Waals surface area contributed by atoms with E-state index in [1.165, 1.54) is 12.1 Å². The summed E-state index contributed by atoms with van der Waals surface area (Å²) in [5.41, 5.74) is 3.56. The van der Waals surface area contributed by atoms with E-state index in [0.29, 0.717) is 30.2 Å². The third-order valence-electron chi connectivity index (χ3n) is 7.14. The lowest BCUT2D eigenvalue weighted by Gasteiger charge is -2.36. The number of benzene rings is 3. The van der Waals surface area contributed by atoms with Crippen molar-refractivity contribution in [3.05, 3.63) is 95.9 Å². The summed E-state index contributed by atoms with van der Waals surface area (Å²) in [6, 6.07) is 23.4. The molecule has 0 amide bonds. The highest BCUT2D eigenvalue weighted by atomic mass is 32.2. The fraction of sp³-hybridized carbons (Fsp3) is 0.267. The molecule has 1 saturated heterocycles. The molecule has 214 valence electrons. The van der Waals surface area contributed by atoms with Crippen molar-refractivity contribution in [1.82, 2.24) is 4.98 Å². The molecule has 0 bridgehead atoms. The van der Waals surface area contributed by atoms with E-state index in [1.807, 2.05) is 48.5 Å². The molecule has 0 radical (unpaired) electrons. The molecule has 10 nitrogen and oxygen atoms in total. The van der Waals surface area contributed by atoms with Crippen LogP contribution in [0.2, 0.25) is 0 Å². The number of hydrogen-bond donors (Lipinski definition) is 2. The molecular formula is C30H31N3O7S. The molecule has 11 heteroatoms. The Labute approximate surface area is 238 Å². The summed E-state index contributed by atoms with van der Waals surface area (Å²) in [6.45, 7) is 1.48. The molecule has 0 saturated carbocycles. The zero-order valence-corrected chi connectivity index (χ0v) is 23.3. The maximum absolute atomic E-state index is 11.7.